The van der Waals surface area contributed by atoms with E-state index in [1.165, 1.54) is 17.7 Å². The van der Waals surface area contributed by atoms with Gasteiger partial charge in [-0.25, -0.2) is 0 Å². The minimum absolute atomic E-state index is 0.210. The van der Waals surface area contributed by atoms with Crippen LogP contribution in [-0.2, 0) is 6.42 Å². The number of hydrogen-bond donors (Lipinski definition) is 0. The molecule has 2 aromatic rings. The largest absolute Gasteiger partial charge is 0.488 e. The van der Waals surface area contributed by atoms with Gasteiger partial charge in [-0.3, -0.25) is 0 Å². The normalized spacial score (nSPS) is 17.9. The summed E-state index contributed by atoms with van der Waals surface area (Å²) < 4.78 is 15.3. The molecule has 0 radical (unpaired) electrons. The molecule has 2 saturated heterocycles. The number of nitrogens with zero attached hydrogens (tertiary/aromatic N) is 4. The Morgan fingerprint density at radius 3 is 2.58 bits per heavy atom. The fourth-order valence-electron chi connectivity index (χ4n) is 4.97. The molecule has 36 heavy (non-hydrogen) atoms. The molecule has 0 amide bonds. The molecule has 2 fully saturated rings. The molecule has 0 saturated carbocycles. The predicted octanol–water partition coefficient (Wildman–Crippen LogP) is 6.78. The zero-order valence-electron chi connectivity index (χ0n) is 22.7. The maximum absolute atomic E-state index is 6.55. The second-order valence-corrected chi connectivity index (χ2v) is 11.3. The molecule has 7 heteroatoms. The third-order valence-corrected chi connectivity index (χ3v) is 8.38. The molecule has 4 rings (SSSR count). The van der Waals surface area contributed by atoms with Crippen LogP contribution in [0.3, 0.4) is 0 Å². The number of likely N-dealkylation sites (tertiary alicyclic amines) is 1. The first-order valence-electron chi connectivity index (χ1n) is 14.0. The van der Waals surface area contributed by atoms with Crippen molar-refractivity contribution in [3.05, 3.63) is 30.0 Å². The lowest BCUT2D eigenvalue weighted by Crippen LogP contribution is -2.35. The number of rotatable bonds is 12. The van der Waals surface area contributed by atoms with E-state index in [0.29, 0.717) is 5.88 Å². The van der Waals surface area contributed by atoms with Crippen molar-refractivity contribution in [3.8, 4) is 22.8 Å². The average Bonchev–Trinajstić information content (AvgIpc) is 3.44. The van der Waals surface area contributed by atoms with Crippen molar-refractivity contribution in [2.75, 3.05) is 36.7 Å². The highest BCUT2D eigenvalue weighted by molar-refractivity contribution is 8.00. The van der Waals surface area contributed by atoms with Gasteiger partial charge in [-0.1, -0.05) is 39.7 Å². The van der Waals surface area contributed by atoms with Crippen LogP contribution in [0.2, 0.25) is 0 Å². The summed E-state index contributed by atoms with van der Waals surface area (Å²) in [5.74, 6) is 2.79. The number of hydrogen-bond acceptors (Lipinski definition) is 7. The molecular weight excluding hydrogens is 468 g/mol. The third-order valence-electron chi connectivity index (χ3n) is 7.22. The van der Waals surface area contributed by atoms with E-state index in [1.54, 1.807) is 0 Å². The first-order chi connectivity index (χ1) is 17.6. The smallest absolute Gasteiger partial charge is 0.234 e. The molecule has 0 spiro atoms. The number of anilines is 1. The van der Waals surface area contributed by atoms with Crippen molar-refractivity contribution in [1.82, 2.24) is 15.1 Å². The van der Waals surface area contributed by atoms with Crippen LogP contribution >= 0.6 is 11.9 Å². The summed E-state index contributed by atoms with van der Waals surface area (Å²) in [6, 6.07) is 8.80. The van der Waals surface area contributed by atoms with E-state index in [9.17, 15) is 0 Å². The van der Waals surface area contributed by atoms with Gasteiger partial charge in [-0.15, -0.1) is 5.10 Å². The fourth-order valence-corrected chi connectivity index (χ4v) is 5.99. The van der Waals surface area contributed by atoms with Gasteiger partial charge in [0.1, 0.15) is 11.9 Å². The highest BCUT2D eigenvalue weighted by Crippen LogP contribution is 2.41. The number of unbranched alkanes of at least 4 members (excludes halogenated alkanes) is 1. The maximum Gasteiger partial charge on any atom is 0.234 e. The fraction of sp³-hybridized carbons (Fsp3) is 0.655. The van der Waals surface area contributed by atoms with Crippen LogP contribution in [-0.4, -0.2) is 59.7 Å². The minimum atomic E-state index is 0.210. The number of aryl methyl sites for hydroxylation is 1. The Kier molecular flexibility index (Phi) is 10.2. The predicted molar refractivity (Wildman–Crippen MR) is 151 cm³/mol. The molecule has 198 valence electrons. The van der Waals surface area contributed by atoms with E-state index >= 15 is 0 Å². The Morgan fingerprint density at radius 1 is 1.06 bits per heavy atom. The highest BCUT2D eigenvalue weighted by atomic mass is 32.2. The number of piperidine rings is 1. The lowest BCUT2D eigenvalue weighted by atomic mass is 10.0. The van der Waals surface area contributed by atoms with Crippen LogP contribution in [0.15, 0.2) is 24.3 Å². The molecule has 6 nitrogen and oxygen atoms in total. The molecule has 1 aromatic carbocycles. The van der Waals surface area contributed by atoms with Gasteiger partial charge in [-0.05, 0) is 81.6 Å². The van der Waals surface area contributed by atoms with Gasteiger partial charge in [0.25, 0.3) is 0 Å². The van der Waals surface area contributed by atoms with Crippen molar-refractivity contribution in [2.24, 2.45) is 0 Å². The number of benzene rings is 1. The van der Waals surface area contributed by atoms with E-state index in [4.69, 9.17) is 9.47 Å². The minimum Gasteiger partial charge on any atom is -0.488 e. The molecule has 2 aliphatic rings. The van der Waals surface area contributed by atoms with Crippen molar-refractivity contribution >= 4 is 17.6 Å². The summed E-state index contributed by atoms with van der Waals surface area (Å²) in [4.78, 5) is 2.36. The van der Waals surface area contributed by atoms with Gasteiger partial charge >= 0.3 is 0 Å². The van der Waals surface area contributed by atoms with E-state index in [-0.39, 0.29) is 12.2 Å². The summed E-state index contributed by atoms with van der Waals surface area (Å²) in [6.07, 6.45) is 10.1. The van der Waals surface area contributed by atoms with E-state index in [1.807, 2.05) is 11.9 Å². The maximum atomic E-state index is 6.55. The second-order valence-electron chi connectivity index (χ2n) is 10.2. The molecule has 1 unspecified atom stereocenters. The molecule has 0 N–H and O–H groups in total. The van der Waals surface area contributed by atoms with Gasteiger partial charge in [0.15, 0.2) is 0 Å². The molecule has 1 atom stereocenters. The van der Waals surface area contributed by atoms with Crippen molar-refractivity contribution in [1.29, 1.82) is 0 Å². The Hall–Kier alpha value is -1.99. The second kappa shape index (κ2) is 13.5. The van der Waals surface area contributed by atoms with Crippen LogP contribution in [0, 0.1) is 0 Å². The summed E-state index contributed by atoms with van der Waals surface area (Å²) >= 11 is 1.90. The Morgan fingerprint density at radius 2 is 1.89 bits per heavy atom. The quantitative estimate of drug-likeness (QED) is 0.291. The Bertz CT molecular complexity index is 958. The number of aromatic nitrogens is 2. The van der Waals surface area contributed by atoms with Gasteiger partial charge in [-0.2, -0.15) is 5.10 Å². The summed E-state index contributed by atoms with van der Waals surface area (Å²) in [7, 11) is 2.17. The molecule has 3 heterocycles. The van der Waals surface area contributed by atoms with Crippen molar-refractivity contribution < 1.29 is 9.47 Å². The van der Waals surface area contributed by atoms with E-state index in [2.05, 4.69) is 71.5 Å². The molecule has 2 aliphatic heterocycles. The average molecular weight is 513 g/mol. The van der Waals surface area contributed by atoms with Crippen LogP contribution in [0.4, 0.5) is 5.69 Å². The van der Waals surface area contributed by atoms with Gasteiger partial charge < -0.3 is 18.7 Å². The first kappa shape index (κ1) is 27.1. The van der Waals surface area contributed by atoms with Crippen LogP contribution in [0.1, 0.15) is 77.8 Å². The van der Waals surface area contributed by atoms with Crippen LogP contribution in [0.5, 0.6) is 11.6 Å². The molecule has 1 aromatic heterocycles. The summed E-state index contributed by atoms with van der Waals surface area (Å²) in [5, 5.41) is 9.17. The van der Waals surface area contributed by atoms with Crippen molar-refractivity contribution in [2.45, 2.75) is 90.8 Å². The SMILES string of the molecule is CCCCc1nnc(OC2CCN(C)CC2)cc1-c1ccc(OC(CC)CCC)c(N2CCCS2)c1. The van der Waals surface area contributed by atoms with Gasteiger partial charge in [0, 0.05) is 37.0 Å². The number of ether oxygens (including phenoxy) is 2. The summed E-state index contributed by atoms with van der Waals surface area (Å²) in [6.45, 7) is 9.85. The Labute approximate surface area is 222 Å². The third kappa shape index (κ3) is 7.06. The zero-order chi connectivity index (χ0) is 25.3. The summed E-state index contributed by atoms with van der Waals surface area (Å²) in [5.41, 5.74) is 4.54. The van der Waals surface area contributed by atoms with Crippen LogP contribution < -0.4 is 13.8 Å². The Balaban J connectivity index is 1.66. The van der Waals surface area contributed by atoms with E-state index < -0.39 is 0 Å². The monoisotopic (exact) mass is 512 g/mol. The topological polar surface area (TPSA) is 50.7 Å². The van der Waals surface area contributed by atoms with Crippen LogP contribution in [0.25, 0.3) is 11.1 Å². The highest BCUT2D eigenvalue weighted by Gasteiger charge is 2.23. The lowest BCUT2D eigenvalue weighted by Gasteiger charge is -2.29. The molecule has 0 aliphatic carbocycles. The van der Waals surface area contributed by atoms with Gasteiger partial charge in [0.05, 0.1) is 17.5 Å². The molecule has 0 bridgehead atoms. The lowest BCUT2D eigenvalue weighted by molar-refractivity contribution is 0.109. The standard InChI is InChI=1S/C29H44N4O2S/c1-5-8-11-26-25(21-29(31-30-26)35-24-14-17-32(4)18-15-24)22-12-13-28(34-23(7-3)10-6-2)27(20-22)33-16-9-19-36-33/h12-13,20-21,23-24H,5-11,14-19H2,1-4H3. The molecular formula is C29H44N4O2S. The zero-order valence-corrected chi connectivity index (χ0v) is 23.5. The van der Waals surface area contributed by atoms with Gasteiger partial charge in [0.2, 0.25) is 5.88 Å². The first-order valence-corrected chi connectivity index (χ1v) is 15.0. The van der Waals surface area contributed by atoms with E-state index in [0.717, 1.165) is 93.8 Å². The van der Waals surface area contributed by atoms with Crippen molar-refractivity contribution in [3.63, 3.8) is 0 Å².